The number of likely N-dealkylation sites (tertiary alicyclic amines) is 1. The largest absolute Gasteiger partial charge is 0.341 e. The lowest BCUT2D eigenvalue weighted by Crippen LogP contribution is -2.48. The molecule has 2 atom stereocenters. The molecule has 138 valence electrons. The van der Waals surface area contributed by atoms with E-state index in [1.54, 1.807) is 4.90 Å². The lowest BCUT2D eigenvalue weighted by Gasteiger charge is -2.32. The molecule has 0 saturated carbocycles. The number of piperidine rings is 1. The van der Waals surface area contributed by atoms with Crippen LogP contribution in [0.4, 0.5) is 5.69 Å². The maximum Gasteiger partial charge on any atom is 0.228 e. The second-order valence-electron chi connectivity index (χ2n) is 7.09. The molecule has 2 N–H and O–H groups in total. The molecule has 0 bridgehead atoms. The first-order valence-corrected chi connectivity index (χ1v) is 8.96. The summed E-state index contributed by atoms with van der Waals surface area (Å²) < 4.78 is 0. The van der Waals surface area contributed by atoms with Gasteiger partial charge in [-0.15, -0.1) is 12.4 Å². The molecule has 2 unspecified atom stereocenters. The molecule has 2 saturated heterocycles. The third kappa shape index (κ3) is 3.41. The van der Waals surface area contributed by atoms with Crippen LogP contribution in [0.15, 0.2) is 42.5 Å². The van der Waals surface area contributed by atoms with E-state index >= 15 is 0 Å². The van der Waals surface area contributed by atoms with Crippen LogP contribution in [0.25, 0.3) is 10.8 Å². The Balaban J connectivity index is 0.00000196. The summed E-state index contributed by atoms with van der Waals surface area (Å²) in [6.07, 6.45) is 2.20. The number of carbonyl (C=O) groups excluding carboxylic acids is 2. The van der Waals surface area contributed by atoms with E-state index < -0.39 is 0 Å². The molecule has 4 rings (SSSR count). The third-order valence-electron chi connectivity index (χ3n) is 5.30. The molecule has 2 fully saturated rings. The van der Waals surface area contributed by atoms with Gasteiger partial charge in [-0.25, -0.2) is 0 Å². The number of carbonyl (C=O) groups is 2. The highest BCUT2D eigenvalue weighted by Crippen LogP contribution is 2.32. The van der Waals surface area contributed by atoms with Crippen LogP contribution in [-0.2, 0) is 9.59 Å². The van der Waals surface area contributed by atoms with Gasteiger partial charge in [0.15, 0.2) is 0 Å². The lowest BCUT2D eigenvalue weighted by atomic mass is 10.0. The van der Waals surface area contributed by atoms with Crippen LogP contribution >= 0.6 is 12.4 Å². The van der Waals surface area contributed by atoms with E-state index in [9.17, 15) is 9.59 Å². The number of nitrogens with two attached hydrogens (primary N) is 1. The first-order valence-electron chi connectivity index (χ1n) is 8.96. The summed E-state index contributed by atoms with van der Waals surface area (Å²) in [5.41, 5.74) is 6.90. The number of fused-ring (bicyclic) bond motifs is 1. The summed E-state index contributed by atoms with van der Waals surface area (Å²) in [4.78, 5) is 29.1. The molecule has 0 aromatic heterocycles. The predicted molar refractivity (Wildman–Crippen MR) is 105 cm³/mol. The Hall–Kier alpha value is -2.11. The number of halogens is 1. The fraction of sp³-hybridized carbons (Fsp3) is 0.400. The number of amides is 2. The minimum atomic E-state index is -0.267. The summed E-state index contributed by atoms with van der Waals surface area (Å²) in [7, 11) is 0. The average molecular weight is 374 g/mol. The zero-order valence-corrected chi connectivity index (χ0v) is 15.5. The highest BCUT2D eigenvalue weighted by molar-refractivity contribution is 6.07. The first kappa shape index (κ1) is 18.7. The molecule has 2 aliphatic rings. The molecule has 2 amide bonds. The van der Waals surface area contributed by atoms with Crippen molar-refractivity contribution in [3.63, 3.8) is 0 Å². The topological polar surface area (TPSA) is 66.6 Å². The van der Waals surface area contributed by atoms with Gasteiger partial charge in [0.1, 0.15) is 0 Å². The van der Waals surface area contributed by atoms with Gasteiger partial charge in [-0.1, -0.05) is 36.4 Å². The molecule has 0 radical (unpaired) electrons. The van der Waals surface area contributed by atoms with Crippen molar-refractivity contribution >= 4 is 40.7 Å². The molecule has 0 spiro atoms. The van der Waals surface area contributed by atoms with Gasteiger partial charge < -0.3 is 15.5 Å². The number of hydrogen-bond acceptors (Lipinski definition) is 3. The number of nitrogens with zero attached hydrogens (tertiary/aromatic N) is 2. The molecule has 6 heteroatoms. The summed E-state index contributed by atoms with van der Waals surface area (Å²) >= 11 is 0. The maximum atomic E-state index is 12.8. The smallest absolute Gasteiger partial charge is 0.228 e. The zero-order chi connectivity index (χ0) is 17.4. The molecule has 26 heavy (non-hydrogen) atoms. The van der Waals surface area contributed by atoms with Crippen molar-refractivity contribution in [3.8, 4) is 0 Å². The van der Waals surface area contributed by atoms with E-state index in [4.69, 9.17) is 5.73 Å². The summed E-state index contributed by atoms with van der Waals surface area (Å²) in [5, 5.41) is 2.15. The average Bonchev–Trinajstić information content (AvgIpc) is 3.02. The van der Waals surface area contributed by atoms with E-state index in [1.165, 1.54) is 0 Å². The molecular formula is C20H24ClN3O2. The highest BCUT2D eigenvalue weighted by atomic mass is 35.5. The van der Waals surface area contributed by atoms with Crippen LogP contribution in [0.2, 0.25) is 0 Å². The number of anilines is 1. The number of rotatable bonds is 2. The van der Waals surface area contributed by atoms with E-state index in [2.05, 4.69) is 0 Å². The van der Waals surface area contributed by atoms with Gasteiger partial charge in [0.05, 0.1) is 11.6 Å². The minimum absolute atomic E-state index is 0. The maximum absolute atomic E-state index is 12.8. The monoisotopic (exact) mass is 373 g/mol. The van der Waals surface area contributed by atoms with Crippen LogP contribution in [0.1, 0.15) is 19.3 Å². The van der Waals surface area contributed by atoms with Crippen molar-refractivity contribution in [3.05, 3.63) is 42.5 Å². The summed E-state index contributed by atoms with van der Waals surface area (Å²) in [6.45, 7) is 1.82. The van der Waals surface area contributed by atoms with E-state index in [1.807, 2.05) is 47.4 Å². The standard InChI is InChI=1S/C20H23N3O2.ClH/c21-16-7-4-10-22(13-16)20(25)15-11-19(24)23(12-15)18-9-3-6-14-5-1-2-8-17(14)18;/h1-3,5-6,8-9,15-16H,4,7,10-13,21H2;1H. The van der Waals surface area contributed by atoms with Gasteiger partial charge in [-0.3, -0.25) is 9.59 Å². The Labute approximate surface area is 159 Å². The summed E-state index contributed by atoms with van der Waals surface area (Å²) in [6, 6.07) is 14.1. The molecular weight excluding hydrogens is 350 g/mol. The predicted octanol–water partition coefficient (Wildman–Crippen LogP) is 2.56. The molecule has 2 heterocycles. The van der Waals surface area contributed by atoms with E-state index in [0.717, 1.165) is 35.8 Å². The Morgan fingerprint density at radius 3 is 2.65 bits per heavy atom. The Morgan fingerprint density at radius 2 is 1.85 bits per heavy atom. The van der Waals surface area contributed by atoms with Gasteiger partial charge in [0.25, 0.3) is 0 Å². The normalized spacial score (nSPS) is 23.2. The van der Waals surface area contributed by atoms with Crippen LogP contribution in [-0.4, -0.2) is 42.4 Å². The van der Waals surface area contributed by atoms with Crippen LogP contribution in [0.5, 0.6) is 0 Å². The van der Waals surface area contributed by atoms with Crippen molar-refractivity contribution < 1.29 is 9.59 Å². The van der Waals surface area contributed by atoms with Crippen LogP contribution < -0.4 is 10.6 Å². The second-order valence-corrected chi connectivity index (χ2v) is 7.09. The SMILES string of the molecule is Cl.NC1CCCN(C(=O)C2CC(=O)N(c3cccc4ccccc34)C2)C1. The Morgan fingerprint density at radius 1 is 1.08 bits per heavy atom. The van der Waals surface area contributed by atoms with E-state index in [0.29, 0.717) is 13.1 Å². The van der Waals surface area contributed by atoms with Crippen LogP contribution in [0.3, 0.4) is 0 Å². The third-order valence-corrected chi connectivity index (χ3v) is 5.30. The van der Waals surface area contributed by atoms with Crippen molar-refractivity contribution in [2.24, 2.45) is 11.7 Å². The van der Waals surface area contributed by atoms with Crippen molar-refractivity contribution in [1.29, 1.82) is 0 Å². The fourth-order valence-corrected chi connectivity index (χ4v) is 4.02. The first-order chi connectivity index (χ1) is 12.1. The van der Waals surface area contributed by atoms with Crippen molar-refractivity contribution in [2.75, 3.05) is 24.5 Å². The zero-order valence-electron chi connectivity index (χ0n) is 14.6. The van der Waals surface area contributed by atoms with Crippen molar-refractivity contribution in [2.45, 2.75) is 25.3 Å². The highest BCUT2D eigenvalue weighted by Gasteiger charge is 2.38. The Bertz CT molecular complexity index is 820. The quantitative estimate of drug-likeness (QED) is 0.879. The molecule has 2 aliphatic heterocycles. The van der Waals surface area contributed by atoms with E-state index in [-0.39, 0.29) is 42.6 Å². The van der Waals surface area contributed by atoms with Gasteiger partial charge in [-0.05, 0) is 24.3 Å². The van der Waals surface area contributed by atoms with Crippen molar-refractivity contribution in [1.82, 2.24) is 4.90 Å². The molecule has 2 aromatic rings. The molecule has 0 aliphatic carbocycles. The molecule has 5 nitrogen and oxygen atoms in total. The number of hydrogen-bond donors (Lipinski definition) is 1. The fourth-order valence-electron chi connectivity index (χ4n) is 4.02. The second kappa shape index (κ2) is 7.64. The number of benzene rings is 2. The van der Waals surface area contributed by atoms with Gasteiger partial charge in [0.2, 0.25) is 11.8 Å². The van der Waals surface area contributed by atoms with Crippen LogP contribution in [0, 0.1) is 5.92 Å². The minimum Gasteiger partial charge on any atom is -0.341 e. The summed E-state index contributed by atoms with van der Waals surface area (Å²) in [5.74, 6) is -0.168. The lowest BCUT2D eigenvalue weighted by molar-refractivity contribution is -0.136. The van der Waals surface area contributed by atoms with Gasteiger partial charge in [-0.2, -0.15) is 0 Å². The van der Waals surface area contributed by atoms with Gasteiger partial charge in [0, 0.05) is 37.5 Å². The molecule has 2 aromatic carbocycles. The van der Waals surface area contributed by atoms with Gasteiger partial charge >= 0.3 is 0 Å². The Kier molecular flexibility index (Phi) is 5.49.